The van der Waals surface area contributed by atoms with Crippen molar-refractivity contribution in [3.63, 3.8) is 0 Å². The van der Waals surface area contributed by atoms with E-state index in [1.807, 2.05) is 6.92 Å². The van der Waals surface area contributed by atoms with Crippen molar-refractivity contribution in [3.8, 4) is 5.69 Å². The van der Waals surface area contributed by atoms with Gasteiger partial charge in [0.25, 0.3) is 5.91 Å². The number of halogens is 1. The average molecular weight is 401 g/mol. The van der Waals surface area contributed by atoms with Crippen molar-refractivity contribution >= 4 is 17.7 Å². The van der Waals surface area contributed by atoms with Crippen LogP contribution in [-0.2, 0) is 16.0 Å². The number of hydrogen-bond acceptors (Lipinski definition) is 4. The van der Waals surface area contributed by atoms with Crippen molar-refractivity contribution < 1.29 is 18.8 Å². The zero-order valence-corrected chi connectivity index (χ0v) is 16.4. The number of hydrogen-bond donors (Lipinski definition) is 2. The Kier molecular flexibility index (Phi) is 6.26. The first-order valence-corrected chi connectivity index (χ1v) is 9.58. The van der Waals surface area contributed by atoms with Crippen LogP contribution in [0, 0.1) is 5.82 Å². The average Bonchev–Trinajstić information content (AvgIpc) is 3.38. The molecule has 1 atom stereocenters. The molecule has 8 nitrogen and oxygen atoms in total. The molecule has 1 aromatic carbocycles. The maximum absolute atomic E-state index is 13.2. The molecule has 0 saturated carbocycles. The van der Waals surface area contributed by atoms with Crippen LogP contribution in [-0.4, -0.2) is 58.6 Å². The summed E-state index contributed by atoms with van der Waals surface area (Å²) in [6, 6.07) is 5.33. The Morgan fingerprint density at radius 2 is 1.97 bits per heavy atom. The molecule has 3 rings (SSSR count). The van der Waals surface area contributed by atoms with Gasteiger partial charge in [0, 0.05) is 13.6 Å². The van der Waals surface area contributed by atoms with E-state index in [9.17, 15) is 18.8 Å². The molecule has 0 radical (unpaired) electrons. The summed E-state index contributed by atoms with van der Waals surface area (Å²) in [5.74, 6) is -1.27. The van der Waals surface area contributed by atoms with Crippen molar-refractivity contribution in [3.05, 3.63) is 47.5 Å². The summed E-state index contributed by atoms with van der Waals surface area (Å²) in [6.45, 7) is 2.18. The van der Waals surface area contributed by atoms with Crippen LogP contribution in [0.25, 0.3) is 5.69 Å². The monoisotopic (exact) mass is 401 g/mol. The fourth-order valence-corrected chi connectivity index (χ4v) is 3.57. The summed E-state index contributed by atoms with van der Waals surface area (Å²) < 4.78 is 14.7. The summed E-state index contributed by atoms with van der Waals surface area (Å²) in [7, 11) is 1.54. The van der Waals surface area contributed by atoms with Gasteiger partial charge in [-0.15, -0.1) is 0 Å². The normalized spacial score (nSPS) is 16.0. The lowest BCUT2D eigenvalue weighted by Crippen LogP contribution is -2.48. The number of nitrogens with one attached hydrogen (secondary N) is 2. The van der Waals surface area contributed by atoms with E-state index in [-0.39, 0.29) is 24.2 Å². The molecule has 2 N–H and O–H groups in total. The molecule has 1 aliphatic heterocycles. The van der Waals surface area contributed by atoms with Crippen LogP contribution < -0.4 is 10.6 Å². The van der Waals surface area contributed by atoms with E-state index in [4.69, 9.17) is 0 Å². The van der Waals surface area contributed by atoms with Gasteiger partial charge in [-0.05, 0) is 43.5 Å². The van der Waals surface area contributed by atoms with Crippen LogP contribution in [0.2, 0.25) is 0 Å². The molecule has 2 aromatic rings. The second kappa shape index (κ2) is 8.85. The van der Waals surface area contributed by atoms with Gasteiger partial charge in [-0.1, -0.05) is 6.92 Å². The molecule has 1 aromatic heterocycles. The first-order valence-electron chi connectivity index (χ1n) is 9.58. The zero-order chi connectivity index (χ0) is 21.0. The minimum Gasteiger partial charge on any atom is -0.357 e. The molecule has 2 heterocycles. The van der Waals surface area contributed by atoms with Gasteiger partial charge < -0.3 is 15.5 Å². The number of likely N-dealkylation sites (N-methyl/N-ethyl adjacent to an activating group) is 1. The number of benzene rings is 1. The molecule has 1 unspecified atom stereocenters. The van der Waals surface area contributed by atoms with E-state index in [2.05, 4.69) is 15.7 Å². The van der Waals surface area contributed by atoms with Crippen molar-refractivity contribution in [1.82, 2.24) is 25.3 Å². The van der Waals surface area contributed by atoms with Crippen LogP contribution in [0.5, 0.6) is 0 Å². The van der Waals surface area contributed by atoms with Crippen molar-refractivity contribution in [2.24, 2.45) is 0 Å². The van der Waals surface area contributed by atoms with Crippen molar-refractivity contribution in [1.29, 1.82) is 0 Å². The molecule has 0 aliphatic carbocycles. The molecule has 0 spiro atoms. The van der Waals surface area contributed by atoms with Crippen molar-refractivity contribution in [2.45, 2.75) is 32.2 Å². The lowest BCUT2D eigenvalue weighted by Gasteiger charge is -2.23. The maximum atomic E-state index is 13.2. The third kappa shape index (κ3) is 4.28. The van der Waals surface area contributed by atoms with Gasteiger partial charge in [0.05, 0.1) is 29.7 Å². The highest BCUT2D eigenvalue weighted by molar-refractivity contribution is 5.98. The van der Waals surface area contributed by atoms with Gasteiger partial charge in [-0.25, -0.2) is 9.07 Å². The summed E-state index contributed by atoms with van der Waals surface area (Å²) in [4.78, 5) is 38.5. The number of aromatic nitrogens is 2. The van der Waals surface area contributed by atoms with Crippen LogP contribution in [0.15, 0.2) is 30.5 Å². The molecule has 154 valence electrons. The Hall–Kier alpha value is -3.23. The van der Waals surface area contributed by atoms with Crippen molar-refractivity contribution in [2.75, 3.05) is 20.1 Å². The highest BCUT2D eigenvalue weighted by Crippen LogP contribution is 2.18. The molecule has 1 saturated heterocycles. The van der Waals surface area contributed by atoms with Crippen LogP contribution in [0.4, 0.5) is 4.39 Å². The Balaban J connectivity index is 1.69. The predicted molar refractivity (Wildman–Crippen MR) is 104 cm³/mol. The fourth-order valence-electron chi connectivity index (χ4n) is 3.57. The quantitative estimate of drug-likeness (QED) is 0.756. The summed E-state index contributed by atoms with van der Waals surface area (Å²) in [5, 5.41) is 9.44. The van der Waals surface area contributed by atoms with E-state index >= 15 is 0 Å². The molecule has 9 heteroatoms. The number of carbonyl (C=O) groups is 3. The van der Waals surface area contributed by atoms with E-state index in [0.29, 0.717) is 36.3 Å². The first-order chi connectivity index (χ1) is 14.0. The highest BCUT2D eigenvalue weighted by Gasteiger charge is 2.33. The number of amides is 3. The van der Waals surface area contributed by atoms with Crippen LogP contribution in [0.1, 0.15) is 35.8 Å². The van der Waals surface area contributed by atoms with E-state index < -0.39 is 11.9 Å². The lowest BCUT2D eigenvalue weighted by molar-refractivity contribution is -0.137. The largest absolute Gasteiger partial charge is 0.357 e. The Morgan fingerprint density at radius 3 is 2.62 bits per heavy atom. The summed E-state index contributed by atoms with van der Waals surface area (Å²) >= 11 is 0. The molecular weight excluding hydrogens is 377 g/mol. The van der Waals surface area contributed by atoms with Gasteiger partial charge in [-0.2, -0.15) is 5.10 Å². The maximum Gasteiger partial charge on any atom is 0.255 e. The lowest BCUT2D eigenvalue weighted by atomic mass is 10.2. The highest BCUT2D eigenvalue weighted by atomic mass is 19.1. The third-order valence-corrected chi connectivity index (χ3v) is 5.04. The molecule has 29 heavy (non-hydrogen) atoms. The third-order valence-electron chi connectivity index (χ3n) is 5.04. The Bertz CT molecular complexity index is 909. The second-order valence-corrected chi connectivity index (χ2v) is 6.79. The standard InChI is InChI=1S/C20H24FN5O3/c1-3-16-15(11-24-26(16)14-8-6-13(21)7-9-14)19(28)23-12-18(27)25-10-4-5-17(25)20(29)22-2/h6-9,11,17H,3-5,10,12H2,1-2H3,(H,22,29)(H,23,28). The van der Waals surface area contributed by atoms with E-state index in [1.165, 1.54) is 30.3 Å². The van der Waals surface area contributed by atoms with Gasteiger partial charge in [-0.3, -0.25) is 14.4 Å². The predicted octanol–water partition coefficient (Wildman–Crippen LogP) is 1.04. The number of rotatable bonds is 6. The van der Waals surface area contributed by atoms with Gasteiger partial charge in [0.1, 0.15) is 11.9 Å². The second-order valence-electron chi connectivity index (χ2n) is 6.79. The summed E-state index contributed by atoms with van der Waals surface area (Å²) in [6.07, 6.45) is 3.33. The topological polar surface area (TPSA) is 96.3 Å². The molecule has 1 fully saturated rings. The fraction of sp³-hybridized carbons (Fsp3) is 0.400. The van der Waals surface area contributed by atoms with Gasteiger partial charge in [0.2, 0.25) is 11.8 Å². The smallest absolute Gasteiger partial charge is 0.255 e. The Labute approximate surface area is 168 Å². The van der Waals surface area contributed by atoms with Gasteiger partial charge in [0.15, 0.2) is 0 Å². The zero-order valence-electron chi connectivity index (χ0n) is 16.4. The number of carbonyl (C=O) groups excluding carboxylic acids is 3. The van der Waals surface area contributed by atoms with Crippen LogP contribution in [0.3, 0.4) is 0 Å². The number of likely N-dealkylation sites (tertiary alicyclic amines) is 1. The van der Waals surface area contributed by atoms with E-state index in [0.717, 1.165) is 6.42 Å². The minimum absolute atomic E-state index is 0.197. The van der Waals surface area contributed by atoms with E-state index in [1.54, 1.807) is 16.8 Å². The molecule has 0 bridgehead atoms. The Morgan fingerprint density at radius 1 is 1.24 bits per heavy atom. The molecule has 1 aliphatic rings. The first kappa shape index (κ1) is 20.5. The number of nitrogens with zero attached hydrogens (tertiary/aromatic N) is 3. The van der Waals surface area contributed by atoms with Crippen LogP contribution >= 0.6 is 0 Å². The molecular formula is C20H24FN5O3. The molecule has 3 amide bonds. The minimum atomic E-state index is -0.489. The SMILES string of the molecule is CCc1c(C(=O)NCC(=O)N2CCCC2C(=O)NC)cnn1-c1ccc(F)cc1. The summed E-state index contributed by atoms with van der Waals surface area (Å²) in [5.41, 5.74) is 1.66. The van der Waals surface area contributed by atoms with Gasteiger partial charge >= 0.3 is 0 Å².